The lowest BCUT2D eigenvalue weighted by molar-refractivity contribution is -0.322. The van der Waals surface area contributed by atoms with Gasteiger partial charge in [0, 0.05) is 12.2 Å². The lowest BCUT2D eigenvalue weighted by Gasteiger charge is -2.09. The number of ether oxygens (including phenoxy) is 1. The molecule has 0 spiro atoms. The zero-order chi connectivity index (χ0) is 11.3. The van der Waals surface area contributed by atoms with Crippen molar-refractivity contribution in [1.82, 2.24) is 0 Å². The van der Waals surface area contributed by atoms with Gasteiger partial charge in [-0.25, -0.2) is 4.39 Å². The molecule has 2 nitrogen and oxygen atoms in total. The predicted octanol–water partition coefficient (Wildman–Crippen LogP) is 2.77. The van der Waals surface area contributed by atoms with E-state index in [9.17, 15) is 17.6 Å². The van der Waals surface area contributed by atoms with Crippen LogP contribution in [0.25, 0.3) is 0 Å². The predicted molar refractivity (Wildman–Crippen MR) is 46.9 cm³/mol. The smallest absolute Gasteiger partial charge is 0.383 e. The van der Waals surface area contributed by atoms with E-state index in [0.29, 0.717) is 5.69 Å². The van der Waals surface area contributed by atoms with Crippen LogP contribution < -0.4 is 5.32 Å². The lowest BCUT2D eigenvalue weighted by Crippen LogP contribution is -2.19. The SMILES string of the molecule is Fc1cccc(NCCOC(F)(F)F)c1. The monoisotopic (exact) mass is 223 g/mol. The van der Waals surface area contributed by atoms with E-state index in [0.717, 1.165) is 0 Å². The fourth-order valence-electron chi connectivity index (χ4n) is 0.961. The van der Waals surface area contributed by atoms with Gasteiger partial charge < -0.3 is 5.32 Å². The third-order valence-corrected chi connectivity index (χ3v) is 1.52. The summed E-state index contributed by atoms with van der Waals surface area (Å²) in [4.78, 5) is 0. The van der Waals surface area contributed by atoms with Crippen LogP contribution in [0.2, 0.25) is 0 Å². The molecule has 0 aliphatic rings. The Balaban J connectivity index is 2.26. The third-order valence-electron chi connectivity index (χ3n) is 1.52. The van der Waals surface area contributed by atoms with Crippen molar-refractivity contribution in [2.75, 3.05) is 18.5 Å². The maximum absolute atomic E-state index is 12.6. The van der Waals surface area contributed by atoms with E-state index in [4.69, 9.17) is 0 Å². The molecule has 0 aliphatic heterocycles. The highest BCUT2D eigenvalue weighted by Gasteiger charge is 2.28. The summed E-state index contributed by atoms with van der Waals surface area (Å²) < 4.78 is 50.7. The molecule has 0 atom stereocenters. The van der Waals surface area contributed by atoms with Crippen LogP contribution in [0.5, 0.6) is 0 Å². The van der Waals surface area contributed by atoms with Gasteiger partial charge in [-0.05, 0) is 18.2 Å². The number of benzene rings is 1. The van der Waals surface area contributed by atoms with Crippen molar-refractivity contribution in [3.05, 3.63) is 30.1 Å². The van der Waals surface area contributed by atoms with E-state index >= 15 is 0 Å². The minimum absolute atomic E-state index is 0.0387. The molecule has 0 fully saturated rings. The van der Waals surface area contributed by atoms with Crippen molar-refractivity contribution < 1.29 is 22.3 Å². The number of hydrogen-bond donors (Lipinski definition) is 1. The van der Waals surface area contributed by atoms with Crippen molar-refractivity contribution in [2.24, 2.45) is 0 Å². The van der Waals surface area contributed by atoms with Crippen molar-refractivity contribution in [3.63, 3.8) is 0 Å². The first-order valence-electron chi connectivity index (χ1n) is 4.17. The summed E-state index contributed by atoms with van der Waals surface area (Å²) >= 11 is 0. The number of rotatable bonds is 4. The molecule has 0 heterocycles. The Bertz CT molecular complexity index is 313. The van der Waals surface area contributed by atoms with E-state index in [2.05, 4.69) is 10.1 Å². The van der Waals surface area contributed by atoms with E-state index in [-0.39, 0.29) is 6.54 Å². The van der Waals surface area contributed by atoms with Gasteiger partial charge >= 0.3 is 6.36 Å². The van der Waals surface area contributed by atoms with Crippen LogP contribution in [-0.4, -0.2) is 19.5 Å². The van der Waals surface area contributed by atoms with E-state index in [1.54, 1.807) is 6.07 Å². The van der Waals surface area contributed by atoms with Crippen molar-refractivity contribution in [3.8, 4) is 0 Å². The van der Waals surface area contributed by atoms with Crippen LogP contribution in [0, 0.1) is 5.82 Å². The number of anilines is 1. The molecular formula is C9H9F4NO. The van der Waals surface area contributed by atoms with Gasteiger partial charge in [0.05, 0.1) is 6.61 Å². The average Bonchev–Trinajstić information content (AvgIpc) is 2.11. The van der Waals surface area contributed by atoms with Gasteiger partial charge in [0.25, 0.3) is 0 Å². The summed E-state index contributed by atoms with van der Waals surface area (Å²) in [6.45, 7) is -0.553. The van der Waals surface area contributed by atoms with Crippen LogP contribution in [0.4, 0.5) is 23.2 Å². The normalized spacial score (nSPS) is 11.5. The first-order chi connectivity index (χ1) is 6.97. The highest BCUT2D eigenvalue weighted by molar-refractivity contribution is 5.42. The Morgan fingerprint density at radius 3 is 2.60 bits per heavy atom. The third kappa shape index (κ3) is 5.21. The molecule has 1 N–H and O–H groups in total. The largest absolute Gasteiger partial charge is 0.522 e. The minimum Gasteiger partial charge on any atom is -0.383 e. The van der Waals surface area contributed by atoms with Gasteiger partial charge in [0.2, 0.25) is 0 Å². The molecule has 0 aromatic heterocycles. The first kappa shape index (κ1) is 11.8. The van der Waals surface area contributed by atoms with Crippen LogP contribution in [-0.2, 0) is 4.74 Å². The Labute approximate surface area is 83.9 Å². The van der Waals surface area contributed by atoms with Crippen LogP contribution in [0.3, 0.4) is 0 Å². The Morgan fingerprint density at radius 2 is 2.00 bits per heavy atom. The number of hydrogen-bond acceptors (Lipinski definition) is 2. The van der Waals surface area contributed by atoms with Gasteiger partial charge in [-0.15, -0.1) is 13.2 Å². The lowest BCUT2D eigenvalue weighted by atomic mass is 10.3. The molecule has 0 amide bonds. The van der Waals surface area contributed by atoms with Crippen molar-refractivity contribution in [2.45, 2.75) is 6.36 Å². The topological polar surface area (TPSA) is 21.3 Å². The number of alkyl halides is 3. The average molecular weight is 223 g/mol. The van der Waals surface area contributed by atoms with Crippen molar-refractivity contribution >= 4 is 5.69 Å². The number of halogens is 4. The summed E-state index contributed by atoms with van der Waals surface area (Å²) in [6.07, 6.45) is -4.62. The van der Waals surface area contributed by atoms with Crippen molar-refractivity contribution in [1.29, 1.82) is 0 Å². The van der Waals surface area contributed by atoms with Gasteiger partial charge in [-0.2, -0.15) is 0 Å². The minimum atomic E-state index is -4.62. The van der Waals surface area contributed by atoms with Gasteiger partial charge in [-0.3, -0.25) is 4.74 Å². The maximum Gasteiger partial charge on any atom is 0.522 e. The van der Waals surface area contributed by atoms with Gasteiger partial charge in [-0.1, -0.05) is 6.07 Å². The molecule has 84 valence electrons. The molecule has 0 bridgehead atoms. The Morgan fingerprint density at radius 1 is 1.27 bits per heavy atom. The quantitative estimate of drug-likeness (QED) is 0.626. The zero-order valence-electron chi connectivity index (χ0n) is 7.64. The summed E-state index contributed by atoms with van der Waals surface area (Å²) in [5.74, 6) is -0.447. The second-order valence-electron chi connectivity index (χ2n) is 2.73. The summed E-state index contributed by atoms with van der Waals surface area (Å²) in [5, 5.41) is 2.59. The molecular weight excluding hydrogens is 214 g/mol. The Kier molecular flexibility index (Phi) is 3.90. The fourth-order valence-corrected chi connectivity index (χ4v) is 0.961. The number of nitrogens with one attached hydrogen (secondary N) is 1. The molecule has 1 rings (SSSR count). The second kappa shape index (κ2) is 4.97. The van der Waals surface area contributed by atoms with E-state index in [1.807, 2.05) is 0 Å². The van der Waals surface area contributed by atoms with Gasteiger partial charge in [0.15, 0.2) is 0 Å². The highest BCUT2D eigenvalue weighted by atomic mass is 19.4. The second-order valence-corrected chi connectivity index (χ2v) is 2.73. The first-order valence-corrected chi connectivity index (χ1v) is 4.17. The van der Waals surface area contributed by atoms with E-state index < -0.39 is 18.8 Å². The molecule has 0 aliphatic carbocycles. The summed E-state index contributed by atoms with van der Waals surface area (Å²) in [5.41, 5.74) is 0.417. The zero-order valence-corrected chi connectivity index (χ0v) is 7.64. The molecule has 1 aromatic carbocycles. The standard InChI is InChI=1S/C9H9F4NO/c10-7-2-1-3-8(6-7)14-4-5-15-9(11,12)13/h1-3,6,14H,4-5H2. The van der Waals surface area contributed by atoms with Gasteiger partial charge in [0.1, 0.15) is 5.82 Å². The van der Waals surface area contributed by atoms with Crippen LogP contribution in [0.1, 0.15) is 0 Å². The maximum atomic E-state index is 12.6. The van der Waals surface area contributed by atoms with Crippen LogP contribution in [0.15, 0.2) is 24.3 Å². The Hall–Kier alpha value is -1.30. The molecule has 0 unspecified atom stereocenters. The molecule has 6 heteroatoms. The summed E-state index contributed by atoms with van der Waals surface area (Å²) in [6, 6.07) is 5.45. The fraction of sp³-hybridized carbons (Fsp3) is 0.333. The molecule has 1 aromatic rings. The molecule has 15 heavy (non-hydrogen) atoms. The molecule has 0 saturated carbocycles. The van der Waals surface area contributed by atoms with Crippen LogP contribution >= 0.6 is 0 Å². The van der Waals surface area contributed by atoms with E-state index in [1.165, 1.54) is 18.2 Å². The molecule has 0 saturated heterocycles. The molecule has 0 radical (unpaired) electrons. The highest BCUT2D eigenvalue weighted by Crippen LogP contribution is 2.15. The summed E-state index contributed by atoms with van der Waals surface area (Å²) in [7, 11) is 0.